The monoisotopic (exact) mass is 365 g/mol. The van der Waals surface area contributed by atoms with Crippen molar-refractivity contribution in [2.24, 2.45) is 10.9 Å². The summed E-state index contributed by atoms with van der Waals surface area (Å²) in [6.07, 6.45) is 14.5. The molecule has 1 aromatic rings. The molecule has 1 unspecified atom stereocenters. The van der Waals surface area contributed by atoms with E-state index < -0.39 is 0 Å². The first-order valence-corrected chi connectivity index (χ1v) is 8.33. The van der Waals surface area contributed by atoms with E-state index in [2.05, 4.69) is 60.4 Å². The molecule has 5 heteroatoms. The van der Waals surface area contributed by atoms with E-state index in [1.165, 1.54) is 28.2 Å². The van der Waals surface area contributed by atoms with E-state index in [1.54, 1.807) is 0 Å². The van der Waals surface area contributed by atoms with Crippen molar-refractivity contribution >= 4 is 42.3 Å². The minimum absolute atomic E-state index is 0. The molecule has 4 rings (SSSR count). The lowest BCUT2D eigenvalue weighted by Gasteiger charge is -2.24. The molecule has 24 heavy (non-hydrogen) atoms. The maximum atomic E-state index is 4.89. The van der Waals surface area contributed by atoms with Gasteiger partial charge in [0.25, 0.3) is 0 Å². The molecule has 3 aliphatic rings. The lowest BCUT2D eigenvalue weighted by atomic mass is 9.94. The van der Waals surface area contributed by atoms with Gasteiger partial charge in [-0.2, -0.15) is 0 Å². The quantitative estimate of drug-likeness (QED) is 0.839. The summed E-state index contributed by atoms with van der Waals surface area (Å²) in [5.41, 5.74) is 6.56. The maximum Gasteiger partial charge on any atom is 0.0690 e. The van der Waals surface area contributed by atoms with E-state index in [0.717, 1.165) is 25.8 Å². The molecule has 1 aliphatic heterocycles. The lowest BCUT2D eigenvalue weighted by molar-refractivity contribution is 0.492. The second kappa shape index (κ2) is 7.73. The molecule has 0 amide bonds. The van der Waals surface area contributed by atoms with Gasteiger partial charge in [0.05, 0.1) is 17.1 Å². The highest BCUT2D eigenvalue weighted by molar-refractivity contribution is 6.12. The molecule has 0 saturated carbocycles. The standard InChI is InChI=1S/C19H23N3.2ClH/c1-13(2)20-11-15-6-4-8-17-18(15)21-12-16-7-3-5-14-9-10-22(17)19(14)16;;/h4,7-10,12-13,15,20H,3,5-6,11H2,1-2H3;2*1H. The highest BCUT2D eigenvalue weighted by Gasteiger charge is 2.26. The number of aliphatic imine (C=N–C) groups is 1. The van der Waals surface area contributed by atoms with Gasteiger partial charge in [-0.1, -0.05) is 26.0 Å². The average molecular weight is 366 g/mol. The summed E-state index contributed by atoms with van der Waals surface area (Å²) in [4.78, 5) is 4.89. The van der Waals surface area contributed by atoms with Crippen molar-refractivity contribution in [3.8, 4) is 0 Å². The number of aromatic nitrogens is 1. The molecule has 0 fully saturated rings. The van der Waals surface area contributed by atoms with Crippen LogP contribution in [0.1, 0.15) is 37.9 Å². The Balaban J connectivity index is 0.00000104. The van der Waals surface area contributed by atoms with Crippen molar-refractivity contribution in [3.05, 3.63) is 47.4 Å². The molecule has 0 radical (unpaired) electrons. The number of allylic oxidation sites excluding steroid dienone is 5. The van der Waals surface area contributed by atoms with Crippen LogP contribution in [0.5, 0.6) is 0 Å². The van der Waals surface area contributed by atoms with E-state index >= 15 is 0 Å². The number of nitrogens with zero attached hydrogens (tertiary/aromatic N) is 2. The predicted octanol–water partition coefficient (Wildman–Crippen LogP) is 4.49. The molecule has 0 bridgehead atoms. The van der Waals surface area contributed by atoms with Crippen LogP contribution in [0, 0.1) is 5.92 Å². The molecule has 3 nitrogen and oxygen atoms in total. The number of halogens is 2. The van der Waals surface area contributed by atoms with Crippen LogP contribution in [0.4, 0.5) is 0 Å². The molecule has 1 atom stereocenters. The molecule has 2 aliphatic carbocycles. The van der Waals surface area contributed by atoms with Crippen molar-refractivity contribution in [2.75, 3.05) is 6.54 Å². The average Bonchev–Trinajstić information content (AvgIpc) is 2.87. The Morgan fingerprint density at radius 2 is 2.17 bits per heavy atom. The summed E-state index contributed by atoms with van der Waals surface area (Å²) in [5, 5.41) is 3.57. The number of fused-ring (bicyclic) bond motifs is 1. The smallest absolute Gasteiger partial charge is 0.0690 e. The normalized spacial score (nSPS) is 20.6. The molecule has 2 heterocycles. The van der Waals surface area contributed by atoms with E-state index in [-0.39, 0.29) is 24.8 Å². The van der Waals surface area contributed by atoms with Crippen LogP contribution >= 0.6 is 24.8 Å². The van der Waals surface area contributed by atoms with Crippen LogP contribution in [0.15, 0.2) is 41.2 Å². The van der Waals surface area contributed by atoms with Gasteiger partial charge in [-0.3, -0.25) is 4.99 Å². The first-order valence-electron chi connectivity index (χ1n) is 8.33. The van der Waals surface area contributed by atoms with Crippen LogP contribution in [0.25, 0.3) is 11.3 Å². The van der Waals surface area contributed by atoms with Crippen LogP contribution in [0.3, 0.4) is 0 Å². The number of rotatable bonds is 3. The molecule has 1 aromatic heterocycles. The fourth-order valence-corrected chi connectivity index (χ4v) is 3.62. The molecule has 130 valence electrons. The predicted molar refractivity (Wildman–Crippen MR) is 107 cm³/mol. The van der Waals surface area contributed by atoms with Gasteiger partial charge in [0.2, 0.25) is 0 Å². The van der Waals surface area contributed by atoms with Gasteiger partial charge in [0.1, 0.15) is 0 Å². The summed E-state index contributed by atoms with van der Waals surface area (Å²) in [6, 6.07) is 2.78. The van der Waals surface area contributed by atoms with Gasteiger partial charge >= 0.3 is 0 Å². The zero-order valence-corrected chi connectivity index (χ0v) is 15.8. The molecular formula is C19H25Cl2N3. The van der Waals surface area contributed by atoms with Crippen LogP contribution in [0.2, 0.25) is 0 Å². The SMILES string of the molecule is CC(C)NCC1CC=CC2=C1N=CC1=CCCc3ccn2c31.Cl.Cl. The maximum absolute atomic E-state index is 4.89. The number of aryl methyl sites for hydroxylation is 1. The first-order chi connectivity index (χ1) is 10.7. The Morgan fingerprint density at radius 3 is 2.96 bits per heavy atom. The summed E-state index contributed by atoms with van der Waals surface area (Å²) in [5.74, 6) is 0.456. The first kappa shape index (κ1) is 19.0. The second-order valence-corrected chi connectivity index (χ2v) is 6.68. The van der Waals surface area contributed by atoms with E-state index in [1.807, 2.05) is 0 Å². The Kier molecular flexibility index (Phi) is 6.13. The fraction of sp³-hybridized carbons (Fsp3) is 0.421. The van der Waals surface area contributed by atoms with Crippen LogP contribution < -0.4 is 5.32 Å². The number of hydrogen-bond donors (Lipinski definition) is 1. The van der Waals surface area contributed by atoms with E-state index in [0.29, 0.717) is 12.0 Å². The highest BCUT2D eigenvalue weighted by Crippen LogP contribution is 2.37. The summed E-state index contributed by atoms with van der Waals surface area (Å²) in [7, 11) is 0. The van der Waals surface area contributed by atoms with Crippen molar-refractivity contribution < 1.29 is 0 Å². The van der Waals surface area contributed by atoms with Crippen molar-refractivity contribution in [1.82, 2.24) is 9.88 Å². The van der Waals surface area contributed by atoms with Crippen molar-refractivity contribution in [3.63, 3.8) is 0 Å². The Morgan fingerprint density at radius 1 is 1.33 bits per heavy atom. The lowest BCUT2D eigenvalue weighted by Crippen LogP contribution is -2.30. The van der Waals surface area contributed by atoms with Gasteiger partial charge in [0.15, 0.2) is 0 Å². The van der Waals surface area contributed by atoms with E-state index in [9.17, 15) is 0 Å². The highest BCUT2D eigenvalue weighted by atomic mass is 35.5. The van der Waals surface area contributed by atoms with Crippen molar-refractivity contribution in [2.45, 2.75) is 39.2 Å². The number of nitrogens with one attached hydrogen (secondary N) is 1. The fourth-order valence-electron chi connectivity index (χ4n) is 3.62. The zero-order valence-electron chi connectivity index (χ0n) is 14.2. The second-order valence-electron chi connectivity index (χ2n) is 6.68. The minimum Gasteiger partial charge on any atom is -0.314 e. The third-order valence-corrected chi connectivity index (χ3v) is 4.74. The van der Waals surface area contributed by atoms with E-state index in [4.69, 9.17) is 4.99 Å². The number of hydrogen-bond acceptors (Lipinski definition) is 2. The molecule has 1 N–H and O–H groups in total. The van der Waals surface area contributed by atoms with Crippen LogP contribution in [-0.4, -0.2) is 23.4 Å². The molecule has 0 saturated heterocycles. The Labute approximate surface area is 156 Å². The van der Waals surface area contributed by atoms with Gasteiger partial charge in [0, 0.05) is 36.5 Å². The van der Waals surface area contributed by atoms with Gasteiger partial charge in [-0.05, 0) is 37.0 Å². The Bertz CT molecular complexity index is 723. The summed E-state index contributed by atoms with van der Waals surface area (Å²) < 4.78 is 2.35. The van der Waals surface area contributed by atoms with Gasteiger partial charge in [-0.15, -0.1) is 24.8 Å². The molecule has 0 aromatic carbocycles. The molecule has 0 spiro atoms. The summed E-state index contributed by atoms with van der Waals surface area (Å²) in [6.45, 7) is 5.38. The van der Waals surface area contributed by atoms with Crippen LogP contribution in [-0.2, 0) is 6.42 Å². The minimum atomic E-state index is 0. The van der Waals surface area contributed by atoms with Crippen molar-refractivity contribution in [1.29, 1.82) is 0 Å². The largest absolute Gasteiger partial charge is 0.314 e. The zero-order chi connectivity index (χ0) is 15.1. The summed E-state index contributed by atoms with van der Waals surface area (Å²) >= 11 is 0. The Hall–Kier alpha value is -1.29. The van der Waals surface area contributed by atoms with Gasteiger partial charge < -0.3 is 9.88 Å². The third kappa shape index (κ3) is 3.26. The van der Waals surface area contributed by atoms with Gasteiger partial charge in [-0.25, -0.2) is 0 Å². The third-order valence-electron chi connectivity index (χ3n) is 4.74. The molecular weight excluding hydrogens is 341 g/mol. The topological polar surface area (TPSA) is 29.3 Å².